The van der Waals surface area contributed by atoms with Crippen LogP contribution in [0.25, 0.3) is 10.9 Å². The molecule has 2 N–H and O–H groups in total. The SMILES string of the molecule is CNc1nc(Nc2ccc(Br)cc2C)c2ccccc2n1. The minimum absolute atomic E-state index is 0.603. The van der Waals surface area contributed by atoms with E-state index in [1.165, 1.54) is 0 Å². The van der Waals surface area contributed by atoms with Gasteiger partial charge < -0.3 is 10.6 Å². The molecule has 0 bridgehead atoms. The van der Waals surface area contributed by atoms with Crippen LogP contribution in [-0.4, -0.2) is 17.0 Å². The molecular weight excluding hydrogens is 328 g/mol. The fourth-order valence-electron chi connectivity index (χ4n) is 2.18. The summed E-state index contributed by atoms with van der Waals surface area (Å²) >= 11 is 3.48. The van der Waals surface area contributed by atoms with E-state index in [4.69, 9.17) is 0 Å². The topological polar surface area (TPSA) is 49.8 Å². The second-order valence-electron chi connectivity index (χ2n) is 4.75. The molecule has 0 amide bonds. The lowest BCUT2D eigenvalue weighted by Crippen LogP contribution is -2.02. The van der Waals surface area contributed by atoms with E-state index < -0.39 is 0 Å². The normalized spacial score (nSPS) is 10.6. The Kier molecular flexibility index (Phi) is 3.75. The number of benzene rings is 2. The van der Waals surface area contributed by atoms with E-state index >= 15 is 0 Å². The van der Waals surface area contributed by atoms with Gasteiger partial charge in [-0.3, -0.25) is 0 Å². The molecule has 4 nitrogen and oxygen atoms in total. The summed E-state index contributed by atoms with van der Waals surface area (Å²) in [6.45, 7) is 2.06. The van der Waals surface area contributed by atoms with Crippen molar-refractivity contribution in [1.29, 1.82) is 0 Å². The molecule has 21 heavy (non-hydrogen) atoms. The van der Waals surface area contributed by atoms with Crippen molar-refractivity contribution in [2.24, 2.45) is 0 Å². The molecule has 5 heteroatoms. The van der Waals surface area contributed by atoms with Gasteiger partial charge in [-0.15, -0.1) is 0 Å². The van der Waals surface area contributed by atoms with Crippen molar-refractivity contribution in [2.45, 2.75) is 6.92 Å². The molecule has 2 aromatic carbocycles. The smallest absolute Gasteiger partial charge is 0.224 e. The average molecular weight is 343 g/mol. The molecule has 1 aromatic heterocycles. The molecule has 106 valence electrons. The van der Waals surface area contributed by atoms with Gasteiger partial charge in [0.05, 0.1) is 5.52 Å². The third kappa shape index (κ3) is 2.83. The number of nitrogens with zero attached hydrogens (tertiary/aromatic N) is 2. The number of halogens is 1. The maximum Gasteiger partial charge on any atom is 0.224 e. The van der Waals surface area contributed by atoms with Crippen molar-refractivity contribution in [1.82, 2.24) is 9.97 Å². The molecule has 3 aromatic rings. The molecule has 0 radical (unpaired) electrons. The van der Waals surface area contributed by atoms with E-state index in [-0.39, 0.29) is 0 Å². The van der Waals surface area contributed by atoms with Gasteiger partial charge in [0.1, 0.15) is 5.82 Å². The second kappa shape index (κ2) is 5.69. The predicted octanol–water partition coefficient (Wildman–Crippen LogP) is 4.49. The van der Waals surface area contributed by atoms with Crippen molar-refractivity contribution in [3.8, 4) is 0 Å². The largest absolute Gasteiger partial charge is 0.357 e. The lowest BCUT2D eigenvalue weighted by atomic mass is 10.2. The standard InChI is InChI=1S/C16H15BrN4/c1-10-9-11(17)7-8-13(10)19-15-12-5-3-4-6-14(12)20-16(18-2)21-15/h3-9H,1-2H3,(H2,18,19,20,21). The predicted molar refractivity (Wildman–Crippen MR) is 91.2 cm³/mol. The van der Waals surface area contributed by atoms with Gasteiger partial charge in [0.2, 0.25) is 5.95 Å². The summed E-state index contributed by atoms with van der Waals surface area (Å²) in [5.41, 5.74) is 3.09. The van der Waals surface area contributed by atoms with Gasteiger partial charge in [-0.1, -0.05) is 28.1 Å². The average Bonchev–Trinajstić information content (AvgIpc) is 2.49. The van der Waals surface area contributed by atoms with Gasteiger partial charge >= 0.3 is 0 Å². The number of nitrogens with one attached hydrogen (secondary N) is 2. The number of rotatable bonds is 3. The molecule has 0 aliphatic carbocycles. The highest BCUT2D eigenvalue weighted by Gasteiger charge is 2.08. The molecule has 0 saturated carbocycles. The molecule has 1 heterocycles. The Morgan fingerprint density at radius 1 is 1.05 bits per heavy atom. The maximum atomic E-state index is 4.53. The zero-order valence-electron chi connectivity index (χ0n) is 11.8. The minimum atomic E-state index is 0.603. The van der Waals surface area contributed by atoms with Gasteiger partial charge in [-0.05, 0) is 42.8 Å². The van der Waals surface area contributed by atoms with Crippen molar-refractivity contribution in [3.05, 3.63) is 52.5 Å². The first-order chi connectivity index (χ1) is 10.2. The van der Waals surface area contributed by atoms with Crippen LogP contribution in [0.4, 0.5) is 17.5 Å². The second-order valence-corrected chi connectivity index (χ2v) is 5.66. The van der Waals surface area contributed by atoms with E-state index in [1.807, 2.05) is 43.4 Å². The third-order valence-corrected chi connectivity index (χ3v) is 3.76. The molecule has 0 spiro atoms. The summed E-state index contributed by atoms with van der Waals surface area (Å²) < 4.78 is 1.06. The van der Waals surface area contributed by atoms with Crippen LogP contribution in [0.5, 0.6) is 0 Å². The molecule has 0 aliphatic heterocycles. The van der Waals surface area contributed by atoms with Gasteiger partial charge in [-0.2, -0.15) is 4.98 Å². The molecule has 0 atom stereocenters. The Balaban J connectivity index is 2.10. The Morgan fingerprint density at radius 3 is 2.62 bits per heavy atom. The van der Waals surface area contributed by atoms with Crippen LogP contribution in [-0.2, 0) is 0 Å². The zero-order valence-corrected chi connectivity index (χ0v) is 13.4. The number of aromatic nitrogens is 2. The maximum absolute atomic E-state index is 4.53. The number of hydrogen-bond donors (Lipinski definition) is 2. The van der Waals surface area contributed by atoms with Crippen LogP contribution >= 0.6 is 15.9 Å². The van der Waals surface area contributed by atoms with Crippen LogP contribution in [0, 0.1) is 6.92 Å². The van der Waals surface area contributed by atoms with Gasteiger partial charge in [0.25, 0.3) is 0 Å². The van der Waals surface area contributed by atoms with E-state index in [9.17, 15) is 0 Å². The molecule has 3 rings (SSSR count). The van der Waals surface area contributed by atoms with E-state index in [0.29, 0.717) is 5.95 Å². The lowest BCUT2D eigenvalue weighted by molar-refractivity contribution is 1.19. The molecule has 0 fully saturated rings. The molecule has 0 unspecified atom stereocenters. The zero-order chi connectivity index (χ0) is 14.8. The van der Waals surface area contributed by atoms with Gasteiger partial charge in [0.15, 0.2) is 0 Å². The third-order valence-electron chi connectivity index (χ3n) is 3.27. The fraction of sp³-hybridized carbons (Fsp3) is 0.125. The Morgan fingerprint density at radius 2 is 1.86 bits per heavy atom. The van der Waals surface area contributed by atoms with Crippen molar-refractivity contribution in [2.75, 3.05) is 17.7 Å². The number of para-hydroxylation sites is 1. The van der Waals surface area contributed by atoms with Crippen LogP contribution in [0.3, 0.4) is 0 Å². The van der Waals surface area contributed by atoms with Crippen LogP contribution in [0.2, 0.25) is 0 Å². The summed E-state index contributed by atoms with van der Waals surface area (Å²) in [4.78, 5) is 9.00. The highest BCUT2D eigenvalue weighted by molar-refractivity contribution is 9.10. The van der Waals surface area contributed by atoms with Crippen molar-refractivity contribution < 1.29 is 0 Å². The first-order valence-corrected chi connectivity index (χ1v) is 7.44. The molecular formula is C16H15BrN4. The molecule has 0 aliphatic rings. The summed E-state index contributed by atoms with van der Waals surface area (Å²) in [6, 6.07) is 14.1. The van der Waals surface area contributed by atoms with E-state index in [1.54, 1.807) is 0 Å². The Labute approximate surface area is 131 Å². The quantitative estimate of drug-likeness (QED) is 0.736. The number of fused-ring (bicyclic) bond motifs is 1. The van der Waals surface area contributed by atoms with Crippen molar-refractivity contribution >= 4 is 44.3 Å². The van der Waals surface area contributed by atoms with E-state index in [0.717, 1.165) is 32.4 Å². The summed E-state index contributed by atoms with van der Waals surface area (Å²) in [5.74, 6) is 1.40. The highest BCUT2D eigenvalue weighted by atomic mass is 79.9. The van der Waals surface area contributed by atoms with Gasteiger partial charge in [0, 0.05) is 22.6 Å². The summed E-state index contributed by atoms with van der Waals surface area (Å²) in [6.07, 6.45) is 0. The first-order valence-electron chi connectivity index (χ1n) is 6.65. The first kappa shape index (κ1) is 13.8. The van der Waals surface area contributed by atoms with Crippen molar-refractivity contribution in [3.63, 3.8) is 0 Å². The number of anilines is 3. The summed E-state index contributed by atoms with van der Waals surface area (Å²) in [5, 5.41) is 7.40. The Hall–Kier alpha value is -2.14. The van der Waals surface area contributed by atoms with E-state index in [2.05, 4.69) is 49.5 Å². The van der Waals surface area contributed by atoms with Crippen LogP contribution < -0.4 is 10.6 Å². The van der Waals surface area contributed by atoms with Crippen LogP contribution in [0.15, 0.2) is 46.9 Å². The number of aryl methyl sites for hydroxylation is 1. The Bertz CT molecular complexity index is 801. The highest BCUT2D eigenvalue weighted by Crippen LogP contribution is 2.27. The lowest BCUT2D eigenvalue weighted by Gasteiger charge is -2.12. The summed E-state index contributed by atoms with van der Waals surface area (Å²) in [7, 11) is 1.82. The van der Waals surface area contributed by atoms with Crippen LogP contribution in [0.1, 0.15) is 5.56 Å². The number of hydrogen-bond acceptors (Lipinski definition) is 4. The monoisotopic (exact) mass is 342 g/mol. The minimum Gasteiger partial charge on any atom is -0.357 e. The fourth-order valence-corrected chi connectivity index (χ4v) is 2.65. The van der Waals surface area contributed by atoms with Gasteiger partial charge in [-0.25, -0.2) is 4.98 Å². The molecule has 0 saturated heterocycles.